The van der Waals surface area contributed by atoms with Crippen LogP contribution in [-0.2, 0) is 4.74 Å². The van der Waals surface area contributed by atoms with Crippen LogP contribution in [0.1, 0.15) is 73.4 Å². The Bertz CT molecular complexity index is 686. The summed E-state index contributed by atoms with van der Waals surface area (Å²) in [5.74, 6) is 0.953. The fraction of sp³-hybridized carbons (Fsp3) is 0.708. The number of ether oxygens (including phenoxy) is 3. The van der Waals surface area contributed by atoms with Crippen molar-refractivity contribution in [2.24, 2.45) is 0 Å². The van der Waals surface area contributed by atoms with Gasteiger partial charge in [-0.3, -0.25) is 0 Å². The quantitative estimate of drug-likeness (QED) is 0.373. The van der Waals surface area contributed by atoms with Crippen LogP contribution >= 0.6 is 0 Å². The van der Waals surface area contributed by atoms with Gasteiger partial charge in [-0.15, -0.1) is 0 Å². The van der Waals surface area contributed by atoms with Crippen LogP contribution < -0.4 is 9.47 Å². The fourth-order valence-corrected chi connectivity index (χ4v) is 4.45. The van der Waals surface area contributed by atoms with Gasteiger partial charge in [-0.1, -0.05) is 32.1 Å². The largest absolute Gasteiger partial charge is 0.497 e. The molecule has 6 heteroatoms. The normalized spacial score (nSPS) is 19.6. The summed E-state index contributed by atoms with van der Waals surface area (Å²) in [4.78, 5) is 17.3. The number of rotatable bonds is 12. The molecule has 1 unspecified atom stereocenters. The van der Waals surface area contributed by atoms with E-state index in [0.717, 1.165) is 18.4 Å². The Morgan fingerprint density at radius 2 is 1.60 bits per heavy atom. The second-order valence-electron chi connectivity index (χ2n) is 8.60. The third-order valence-electron chi connectivity index (χ3n) is 6.40. The Labute approximate surface area is 181 Å². The molecular weight excluding hydrogens is 380 g/mol. The van der Waals surface area contributed by atoms with Crippen LogP contribution in [0.15, 0.2) is 12.1 Å². The standard InChI is InChI=1S/C24H38N2O4/c1-25-13-15-26(16-14-25)12-10-8-6-4-5-7-9-11-21-20-17-19(28-2)18-22(29-3)23(20)24(27)30-21/h17-18,21H,4-16H2,1-3H3. The van der Waals surface area contributed by atoms with Gasteiger partial charge < -0.3 is 24.0 Å². The Kier molecular flexibility index (Phi) is 8.82. The molecular formula is C24H38N2O4. The lowest BCUT2D eigenvalue weighted by Crippen LogP contribution is -2.44. The van der Waals surface area contributed by atoms with Crippen molar-refractivity contribution in [2.75, 3.05) is 54.0 Å². The predicted molar refractivity (Wildman–Crippen MR) is 119 cm³/mol. The lowest BCUT2D eigenvalue weighted by Gasteiger charge is -2.32. The number of piperazine rings is 1. The number of hydrogen-bond donors (Lipinski definition) is 0. The van der Waals surface area contributed by atoms with Crippen molar-refractivity contribution in [3.05, 3.63) is 23.3 Å². The van der Waals surface area contributed by atoms with E-state index in [9.17, 15) is 4.79 Å². The van der Waals surface area contributed by atoms with Gasteiger partial charge in [0, 0.05) is 37.8 Å². The van der Waals surface area contributed by atoms with Crippen LogP contribution in [-0.4, -0.2) is 69.8 Å². The van der Waals surface area contributed by atoms with E-state index in [1.807, 2.05) is 6.07 Å². The maximum Gasteiger partial charge on any atom is 0.342 e. The van der Waals surface area contributed by atoms with E-state index in [2.05, 4.69) is 16.8 Å². The molecule has 1 aromatic rings. The molecule has 3 rings (SSSR count). The van der Waals surface area contributed by atoms with Crippen molar-refractivity contribution >= 4 is 5.97 Å². The fourth-order valence-electron chi connectivity index (χ4n) is 4.45. The zero-order valence-corrected chi connectivity index (χ0v) is 19.0. The predicted octanol–water partition coefficient (Wildman–Crippen LogP) is 4.28. The molecule has 1 fully saturated rings. The highest BCUT2D eigenvalue weighted by atomic mass is 16.6. The smallest absolute Gasteiger partial charge is 0.342 e. The number of benzene rings is 1. The first kappa shape index (κ1) is 22.9. The van der Waals surface area contributed by atoms with Crippen LogP contribution in [0.25, 0.3) is 0 Å². The van der Waals surface area contributed by atoms with E-state index < -0.39 is 0 Å². The molecule has 0 amide bonds. The highest BCUT2D eigenvalue weighted by Crippen LogP contribution is 2.41. The van der Waals surface area contributed by atoms with E-state index in [0.29, 0.717) is 17.1 Å². The van der Waals surface area contributed by atoms with E-state index in [4.69, 9.17) is 14.2 Å². The van der Waals surface area contributed by atoms with Gasteiger partial charge in [-0.2, -0.15) is 0 Å². The second-order valence-corrected chi connectivity index (χ2v) is 8.60. The summed E-state index contributed by atoms with van der Waals surface area (Å²) in [6, 6.07) is 3.65. The number of hydrogen-bond acceptors (Lipinski definition) is 6. The first-order chi connectivity index (χ1) is 14.6. The van der Waals surface area contributed by atoms with Crippen LogP contribution in [0, 0.1) is 0 Å². The Hall–Kier alpha value is -1.79. The Morgan fingerprint density at radius 3 is 2.27 bits per heavy atom. The van der Waals surface area contributed by atoms with E-state index in [1.165, 1.54) is 71.2 Å². The molecule has 0 aromatic heterocycles. The third kappa shape index (κ3) is 6.11. The highest BCUT2D eigenvalue weighted by Gasteiger charge is 2.34. The summed E-state index contributed by atoms with van der Waals surface area (Å²) in [6.07, 6.45) is 9.46. The first-order valence-corrected chi connectivity index (χ1v) is 11.5. The number of methoxy groups -OCH3 is 2. The molecule has 0 bridgehead atoms. The second kappa shape index (κ2) is 11.6. The van der Waals surface area contributed by atoms with E-state index in [-0.39, 0.29) is 12.1 Å². The number of fused-ring (bicyclic) bond motifs is 1. The van der Waals surface area contributed by atoms with Gasteiger partial charge >= 0.3 is 5.97 Å². The summed E-state index contributed by atoms with van der Waals surface area (Å²) < 4.78 is 16.3. The number of likely N-dealkylation sites (N-methyl/N-ethyl adjacent to an activating group) is 1. The van der Waals surface area contributed by atoms with Crippen LogP contribution in [0.4, 0.5) is 0 Å². The Balaban J connectivity index is 1.29. The maximum atomic E-state index is 12.3. The molecule has 0 spiro atoms. The molecule has 1 atom stereocenters. The summed E-state index contributed by atoms with van der Waals surface area (Å²) in [5.41, 5.74) is 1.46. The number of cyclic esters (lactones) is 1. The minimum Gasteiger partial charge on any atom is -0.497 e. The van der Waals surface area contributed by atoms with Gasteiger partial charge in [0.15, 0.2) is 0 Å². The minimum atomic E-state index is -0.283. The van der Waals surface area contributed by atoms with Gasteiger partial charge in [0.2, 0.25) is 0 Å². The van der Waals surface area contributed by atoms with Crippen LogP contribution in [0.2, 0.25) is 0 Å². The third-order valence-corrected chi connectivity index (χ3v) is 6.40. The summed E-state index contributed by atoms with van der Waals surface area (Å²) in [6.45, 7) is 6.13. The number of unbranched alkanes of at least 4 members (excludes halogenated alkanes) is 6. The average Bonchev–Trinajstić information content (AvgIpc) is 3.08. The molecule has 30 heavy (non-hydrogen) atoms. The first-order valence-electron chi connectivity index (χ1n) is 11.5. The lowest BCUT2D eigenvalue weighted by molar-refractivity contribution is 0.0361. The van der Waals surface area contributed by atoms with Crippen molar-refractivity contribution in [1.82, 2.24) is 9.80 Å². The summed E-state index contributed by atoms with van der Waals surface area (Å²) >= 11 is 0. The molecule has 2 heterocycles. The van der Waals surface area contributed by atoms with Gasteiger partial charge in [0.05, 0.1) is 14.2 Å². The average molecular weight is 419 g/mol. The van der Waals surface area contributed by atoms with Gasteiger partial charge in [0.25, 0.3) is 0 Å². The monoisotopic (exact) mass is 418 g/mol. The van der Waals surface area contributed by atoms with Gasteiger partial charge in [0.1, 0.15) is 23.2 Å². The molecule has 2 aliphatic heterocycles. The lowest BCUT2D eigenvalue weighted by atomic mass is 9.99. The van der Waals surface area contributed by atoms with Crippen molar-refractivity contribution in [1.29, 1.82) is 0 Å². The topological polar surface area (TPSA) is 51.2 Å². The molecule has 2 aliphatic rings. The molecule has 0 aliphatic carbocycles. The molecule has 0 radical (unpaired) electrons. The van der Waals surface area contributed by atoms with Crippen LogP contribution in [0.5, 0.6) is 11.5 Å². The van der Waals surface area contributed by atoms with Crippen molar-refractivity contribution in [3.8, 4) is 11.5 Å². The molecule has 1 aromatic carbocycles. The number of carbonyl (C=O) groups excluding carboxylic acids is 1. The van der Waals surface area contributed by atoms with Gasteiger partial charge in [-0.25, -0.2) is 4.79 Å². The molecule has 0 saturated carbocycles. The zero-order chi connectivity index (χ0) is 21.3. The number of nitrogens with zero attached hydrogens (tertiary/aromatic N) is 2. The maximum absolute atomic E-state index is 12.3. The Morgan fingerprint density at radius 1 is 0.933 bits per heavy atom. The minimum absolute atomic E-state index is 0.180. The summed E-state index contributed by atoms with van der Waals surface area (Å²) in [5, 5.41) is 0. The molecule has 168 valence electrons. The van der Waals surface area contributed by atoms with Gasteiger partial charge in [-0.05, 0) is 38.9 Å². The molecule has 0 N–H and O–H groups in total. The van der Waals surface area contributed by atoms with Crippen molar-refractivity contribution in [2.45, 2.75) is 57.5 Å². The zero-order valence-electron chi connectivity index (χ0n) is 19.0. The van der Waals surface area contributed by atoms with Crippen LogP contribution in [0.3, 0.4) is 0 Å². The number of carbonyl (C=O) groups is 1. The number of esters is 1. The molecule has 6 nitrogen and oxygen atoms in total. The SMILES string of the molecule is COc1cc(OC)c2c(c1)C(CCCCCCCCCN1CCN(C)CC1)OC2=O. The van der Waals surface area contributed by atoms with E-state index in [1.54, 1.807) is 20.3 Å². The molecule has 1 saturated heterocycles. The highest BCUT2D eigenvalue weighted by molar-refractivity contribution is 5.97. The summed E-state index contributed by atoms with van der Waals surface area (Å²) in [7, 11) is 5.40. The van der Waals surface area contributed by atoms with E-state index >= 15 is 0 Å². The van der Waals surface area contributed by atoms with Crippen molar-refractivity contribution in [3.63, 3.8) is 0 Å². The van der Waals surface area contributed by atoms with Crippen molar-refractivity contribution < 1.29 is 19.0 Å².